The zero-order chi connectivity index (χ0) is 16.2. The van der Waals surface area contributed by atoms with E-state index in [1.54, 1.807) is 19.1 Å². The van der Waals surface area contributed by atoms with Gasteiger partial charge in [0, 0.05) is 19.1 Å². The zero-order valence-electron chi connectivity index (χ0n) is 13.0. The minimum absolute atomic E-state index is 0.231. The van der Waals surface area contributed by atoms with Gasteiger partial charge in [0.15, 0.2) is 0 Å². The van der Waals surface area contributed by atoms with E-state index >= 15 is 0 Å². The molecule has 6 nitrogen and oxygen atoms in total. The molecule has 7 heteroatoms. The average molecular weight is 321 g/mol. The molecule has 4 rings (SSSR count). The summed E-state index contributed by atoms with van der Waals surface area (Å²) in [6.45, 7) is 5.31. The lowest BCUT2D eigenvalue weighted by atomic mass is 9.78. The summed E-state index contributed by atoms with van der Waals surface area (Å²) in [6.07, 6.45) is -0.840. The van der Waals surface area contributed by atoms with Gasteiger partial charge >= 0.3 is 6.09 Å². The fraction of sp³-hybridized carbons (Fsp3) is 0.562. The van der Waals surface area contributed by atoms with E-state index < -0.39 is 6.09 Å². The third kappa shape index (κ3) is 2.35. The lowest BCUT2D eigenvalue weighted by molar-refractivity contribution is -0.127. The summed E-state index contributed by atoms with van der Waals surface area (Å²) < 4.78 is 24.9. The van der Waals surface area contributed by atoms with E-state index in [4.69, 9.17) is 15.2 Å². The first kappa shape index (κ1) is 14.7. The van der Waals surface area contributed by atoms with E-state index in [-0.39, 0.29) is 23.4 Å². The number of halogens is 1. The number of rotatable bonds is 3. The Hall–Kier alpha value is -1.86. The lowest BCUT2D eigenvalue weighted by Crippen LogP contribution is -2.66. The van der Waals surface area contributed by atoms with Crippen LogP contribution in [0.15, 0.2) is 18.2 Å². The van der Waals surface area contributed by atoms with Crippen molar-refractivity contribution in [2.75, 3.05) is 42.6 Å². The van der Waals surface area contributed by atoms with Crippen molar-refractivity contribution in [3.05, 3.63) is 24.0 Å². The Labute approximate surface area is 133 Å². The first-order valence-electron chi connectivity index (χ1n) is 7.83. The molecule has 0 aromatic heterocycles. The summed E-state index contributed by atoms with van der Waals surface area (Å²) in [5.74, 6) is -0.324. The van der Waals surface area contributed by atoms with Crippen LogP contribution in [-0.4, -0.2) is 51.1 Å². The summed E-state index contributed by atoms with van der Waals surface area (Å²) in [5.41, 5.74) is 7.07. The molecule has 0 radical (unpaired) electrons. The van der Waals surface area contributed by atoms with Gasteiger partial charge in [-0.15, -0.1) is 0 Å². The third-order valence-corrected chi connectivity index (χ3v) is 4.87. The molecule has 2 atom stereocenters. The van der Waals surface area contributed by atoms with Gasteiger partial charge in [-0.2, -0.15) is 0 Å². The molecular weight excluding hydrogens is 301 g/mol. The summed E-state index contributed by atoms with van der Waals surface area (Å²) in [4.78, 5) is 15.4. The van der Waals surface area contributed by atoms with Gasteiger partial charge in [0.2, 0.25) is 0 Å². The van der Waals surface area contributed by atoms with Gasteiger partial charge in [0.25, 0.3) is 0 Å². The summed E-state index contributed by atoms with van der Waals surface area (Å²) in [5, 5.41) is 0. The highest BCUT2D eigenvalue weighted by atomic mass is 19.1. The average Bonchev–Trinajstić information content (AvgIpc) is 2.79. The number of amides is 1. The molecule has 1 spiro atoms. The molecule has 1 amide bonds. The molecule has 0 aliphatic carbocycles. The molecule has 3 saturated heterocycles. The molecule has 3 aliphatic rings. The number of nitrogens with zero attached hydrogens (tertiary/aromatic N) is 2. The second kappa shape index (κ2) is 5.07. The third-order valence-electron chi connectivity index (χ3n) is 4.87. The van der Waals surface area contributed by atoms with E-state index in [1.165, 1.54) is 11.0 Å². The predicted octanol–water partition coefficient (Wildman–Crippen LogP) is 1.33. The van der Waals surface area contributed by atoms with Gasteiger partial charge in [-0.3, -0.25) is 4.90 Å². The number of carbonyl (C=O) groups excluding carboxylic acids is 1. The Kier molecular flexibility index (Phi) is 3.24. The molecule has 3 heterocycles. The predicted molar refractivity (Wildman–Crippen MR) is 83.1 cm³/mol. The van der Waals surface area contributed by atoms with Crippen LogP contribution in [-0.2, 0) is 9.47 Å². The van der Waals surface area contributed by atoms with E-state index in [0.717, 1.165) is 26.3 Å². The maximum absolute atomic E-state index is 14.5. The van der Waals surface area contributed by atoms with Crippen LogP contribution in [0, 0.1) is 11.2 Å². The summed E-state index contributed by atoms with van der Waals surface area (Å²) in [7, 11) is 0. The SMILES string of the molecule is CC(N)C1CN(c2ccc(N3CC4(COC4)C3)c(F)c2)C(=O)O1. The van der Waals surface area contributed by atoms with Crippen molar-refractivity contribution >= 4 is 17.5 Å². The van der Waals surface area contributed by atoms with Crippen LogP contribution in [0.1, 0.15) is 6.92 Å². The number of cyclic esters (lactones) is 1. The maximum Gasteiger partial charge on any atom is 0.414 e. The fourth-order valence-corrected chi connectivity index (χ4v) is 3.40. The van der Waals surface area contributed by atoms with Gasteiger partial charge in [0.1, 0.15) is 11.9 Å². The highest BCUT2D eigenvalue weighted by Crippen LogP contribution is 2.41. The van der Waals surface area contributed by atoms with Crippen molar-refractivity contribution < 1.29 is 18.7 Å². The van der Waals surface area contributed by atoms with Crippen LogP contribution in [0.25, 0.3) is 0 Å². The zero-order valence-corrected chi connectivity index (χ0v) is 13.0. The van der Waals surface area contributed by atoms with Gasteiger partial charge < -0.3 is 20.1 Å². The number of nitrogens with two attached hydrogens (primary N) is 1. The Morgan fingerprint density at radius 2 is 2.13 bits per heavy atom. The van der Waals surface area contributed by atoms with Crippen molar-refractivity contribution in [3.8, 4) is 0 Å². The number of ether oxygens (including phenoxy) is 2. The molecule has 23 heavy (non-hydrogen) atoms. The quantitative estimate of drug-likeness (QED) is 0.910. The van der Waals surface area contributed by atoms with Gasteiger partial charge in [-0.25, -0.2) is 9.18 Å². The number of hydrogen-bond donors (Lipinski definition) is 1. The van der Waals surface area contributed by atoms with E-state index in [2.05, 4.69) is 0 Å². The van der Waals surface area contributed by atoms with E-state index in [0.29, 0.717) is 17.9 Å². The van der Waals surface area contributed by atoms with Crippen molar-refractivity contribution in [1.29, 1.82) is 0 Å². The highest BCUT2D eigenvalue weighted by Gasteiger charge is 2.49. The second-order valence-corrected chi connectivity index (χ2v) is 6.88. The largest absolute Gasteiger partial charge is 0.442 e. The van der Waals surface area contributed by atoms with Crippen LogP contribution in [0.3, 0.4) is 0 Å². The highest BCUT2D eigenvalue weighted by molar-refractivity contribution is 5.90. The smallest absolute Gasteiger partial charge is 0.414 e. The normalized spacial score (nSPS) is 26.7. The number of carbonyl (C=O) groups is 1. The Morgan fingerprint density at radius 3 is 2.65 bits per heavy atom. The molecule has 1 aromatic carbocycles. The number of hydrogen-bond acceptors (Lipinski definition) is 5. The fourth-order valence-electron chi connectivity index (χ4n) is 3.40. The topological polar surface area (TPSA) is 68.0 Å². The molecule has 2 unspecified atom stereocenters. The number of benzene rings is 1. The van der Waals surface area contributed by atoms with Crippen molar-refractivity contribution in [3.63, 3.8) is 0 Å². The van der Waals surface area contributed by atoms with Crippen LogP contribution in [0.5, 0.6) is 0 Å². The van der Waals surface area contributed by atoms with Crippen LogP contribution >= 0.6 is 0 Å². The molecule has 3 fully saturated rings. The van der Waals surface area contributed by atoms with Crippen LogP contribution < -0.4 is 15.5 Å². The van der Waals surface area contributed by atoms with Crippen LogP contribution in [0.4, 0.5) is 20.6 Å². The van der Waals surface area contributed by atoms with Gasteiger partial charge in [0.05, 0.1) is 36.5 Å². The standard InChI is InChI=1S/C16H20FN3O3/c1-10(18)14-5-20(15(21)23-14)11-2-3-13(12(17)4-11)19-6-16(7-19)8-22-9-16/h2-4,10,14H,5-9,18H2,1H3. The molecule has 0 saturated carbocycles. The summed E-state index contributed by atoms with van der Waals surface area (Å²) in [6, 6.07) is 4.62. The Balaban J connectivity index is 1.49. The first-order valence-corrected chi connectivity index (χ1v) is 7.83. The van der Waals surface area contributed by atoms with E-state index in [9.17, 15) is 9.18 Å². The van der Waals surface area contributed by atoms with Crippen LogP contribution in [0.2, 0.25) is 0 Å². The van der Waals surface area contributed by atoms with Crippen molar-refractivity contribution in [1.82, 2.24) is 0 Å². The molecule has 124 valence electrons. The lowest BCUT2D eigenvalue weighted by Gasteiger charge is -2.56. The second-order valence-electron chi connectivity index (χ2n) is 6.88. The first-order chi connectivity index (χ1) is 11.0. The Bertz CT molecular complexity index is 639. The molecule has 1 aromatic rings. The summed E-state index contributed by atoms with van der Waals surface area (Å²) >= 11 is 0. The minimum atomic E-state index is -0.478. The molecule has 0 bridgehead atoms. The minimum Gasteiger partial charge on any atom is -0.442 e. The monoisotopic (exact) mass is 321 g/mol. The van der Waals surface area contributed by atoms with Crippen molar-refractivity contribution in [2.45, 2.75) is 19.1 Å². The molecule has 2 N–H and O–H groups in total. The maximum atomic E-state index is 14.5. The Morgan fingerprint density at radius 1 is 1.39 bits per heavy atom. The van der Waals surface area contributed by atoms with E-state index in [1.807, 2.05) is 4.90 Å². The van der Waals surface area contributed by atoms with Crippen molar-refractivity contribution in [2.24, 2.45) is 11.1 Å². The molecular formula is C16H20FN3O3. The molecule has 3 aliphatic heterocycles. The van der Waals surface area contributed by atoms with Gasteiger partial charge in [-0.05, 0) is 25.1 Å². The van der Waals surface area contributed by atoms with Gasteiger partial charge in [-0.1, -0.05) is 0 Å². The number of anilines is 2.